The summed E-state index contributed by atoms with van der Waals surface area (Å²) < 4.78 is 137. The number of aromatic nitrogens is 12. The Hall–Kier alpha value is -5.58. The number of thioether (sulfide) groups is 1. The zero-order valence-corrected chi connectivity index (χ0v) is 79.8. The summed E-state index contributed by atoms with van der Waals surface area (Å²) in [5.74, 6) is 4.36. The summed E-state index contributed by atoms with van der Waals surface area (Å²) in [4.78, 5) is 16.2. The number of hydrogen-bond donors (Lipinski definition) is 5. The van der Waals surface area contributed by atoms with Crippen LogP contribution in [0.25, 0.3) is 49.3 Å². The molecule has 10 atom stereocenters. The van der Waals surface area contributed by atoms with Crippen LogP contribution < -0.4 is 10.6 Å². The fourth-order valence-electron chi connectivity index (χ4n) is 21.0. The van der Waals surface area contributed by atoms with E-state index in [-0.39, 0.29) is 94.7 Å². The van der Waals surface area contributed by atoms with Crippen LogP contribution in [0.1, 0.15) is 162 Å². The zero-order valence-electron chi connectivity index (χ0n) is 71.3. The van der Waals surface area contributed by atoms with Gasteiger partial charge >= 0.3 is 0 Å². The lowest BCUT2D eigenvalue weighted by Crippen LogP contribution is -2.59. The van der Waals surface area contributed by atoms with Crippen LogP contribution in [0, 0.1) is 21.3 Å². The van der Waals surface area contributed by atoms with Gasteiger partial charge in [-0.1, -0.05) is 72.6 Å². The van der Waals surface area contributed by atoms with Gasteiger partial charge in [-0.05, 0) is 234 Å². The number of likely N-dealkylation sites (tertiary alicyclic amines) is 3. The lowest BCUT2D eigenvalue weighted by atomic mass is 9.50. The molecule has 5 N–H and O–H groups in total. The summed E-state index contributed by atoms with van der Waals surface area (Å²) in [7, 11) is -6.59. The van der Waals surface area contributed by atoms with E-state index in [4.69, 9.17) is 51.1 Å². The van der Waals surface area contributed by atoms with E-state index in [0.717, 1.165) is 146 Å². The normalized spacial score (nSPS) is 30.4. The Labute approximate surface area is 776 Å². The number of sulfone groups is 3. The second kappa shape index (κ2) is 39.5. The molecular formula is C89H112Cl4F4IN17O8S4. The second-order valence-corrected chi connectivity index (χ2v) is 47.7. The zero-order chi connectivity index (χ0) is 88.8. The number of rotatable bonds is 12. The number of ether oxygens (including phenoxy) is 1. The van der Waals surface area contributed by atoms with E-state index >= 15 is 4.39 Å². The van der Waals surface area contributed by atoms with Gasteiger partial charge in [0.1, 0.15) is 41.9 Å². The number of H-pyrrole nitrogens is 3. The third-order valence-electron chi connectivity index (χ3n) is 28.8. The monoisotopic (exact) mass is 2020 g/mol. The number of aromatic amines is 3. The van der Waals surface area contributed by atoms with Gasteiger partial charge in [-0.2, -0.15) is 42.4 Å². The van der Waals surface area contributed by atoms with Crippen molar-refractivity contribution in [1.29, 1.82) is 0 Å². The smallest absolute Gasteiger partial charge is 0.164 e. The highest BCUT2D eigenvalue weighted by molar-refractivity contribution is 14.1. The summed E-state index contributed by atoms with van der Waals surface area (Å²) in [6, 6.07) is 16.5. The Morgan fingerprint density at radius 3 is 1.32 bits per heavy atom. The molecule has 26 rings (SSSR count). The topological polar surface area (TPSA) is 302 Å². The predicted octanol–water partition coefficient (Wildman–Crippen LogP) is 15.5. The van der Waals surface area contributed by atoms with Crippen LogP contribution in [0.5, 0.6) is 0 Å². The number of fused-ring (bicyclic) bond motifs is 4. The highest BCUT2D eigenvalue weighted by atomic mass is 127. The summed E-state index contributed by atoms with van der Waals surface area (Å²) in [5, 5.41) is 46.8. The number of alkyl halides is 4. The maximum atomic E-state index is 15.3. The van der Waals surface area contributed by atoms with Crippen molar-refractivity contribution in [2.24, 2.45) is 17.8 Å². The van der Waals surface area contributed by atoms with E-state index in [1.165, 1.54) is 87.0 Å². The van der Waals surface area contributed by atoms with E-state index in [2.05, 4.69) is 120 Å². The van der Waals surface area contributed by atoms with Crippen molar-refractivity contribution in [3.8, 4) is 5.69 Å². The summed E-state index contributed by atoms with van der Waals surface area (Å²) in [6.45, 7) is 8.93. The number of Topliss-reactive ketones (excluding diaryl/α,β-unsaturated/α-hetero) is 1. The maximum absolute atomic E-state index is 15.3. The van der Waals surface area contributed by atoms with Crippen molar-refractivity contribution in [3.63, 3.8) is 0 Å². The number of piperidine rings is 4. The van der Waals surface area contributed by atoms with Gasteiger partial charge in [-0.25, -0.2) is 47.5 Å². The van der Waals surface area contributed by atoms with Crippen molar-refractivity contribution in [3.05, 3.63) is 144 Å². The van der Waals surface area contributed by atoms with Crippen LogP contribution in [0.3, 0.4) is 0 Å². The van der Waals surface area contributed by atoms with Gasteiger partial charge in [-0.3, -0.25) is 44.2 Å². The highest BCUT2D eigenvalue weighted by Crippen LogP contribution is 2.63. The molecule has 4 bridgehead atoms. The number of nitrogens with zero attached hydrogens (tertiary/aromatic N) is 12. The van der Waals surface area contributed by atoms with E-state index in [1.54, 1.807) is 24.8 Å². The van der Waals surface area contributed by atoms with Crippen LogP contribution >= 0.6 is 80.8 Å². The minimum absolute atomic E-state index is 0.0234. The molecule has 4 unspecified atom stereocenters. The molecule has 9 saturated heterocycles. The van der Waals surface area contributed by atoms with E-state index in [0.29, 0.717) is 70.7 Å². The Bertz CT molecular complexity index is 5830. The average Bonchev–Trinajstić information content (AvgIpc) is 1.69. The molecule has 7 aliphatic carbocycles. The van der Waals surface area contributed by atoms with E-state index in [1.807, 2.05) is 87.2 Å². The Morgan fingerprint density at radius 2 is 0.961 bits per heavy atom. The number of nitrogens with one attached hydrogen (secondary N) is 5. The molecule has 15 heterocycles. The highest BCUT2D eigenvalue weighted by Gasteiger charge is 2.60. The number of ketones is 1. The maximum Gasteiger partial charge on any atom is 0.164 e. The van der Waals surface area contributed by atoms with Crippen LogP contribution in [0.4, 0.5) is 17.6 Å². The first-order chi connectivity index (χ1) is 61.0. The van der Waals surface area contributed by atoms with Crippen molar-refractivity contribution in [2.75, 3.05) is 119 Å². The first-order valence-corrected chi connectivity index (χ1v) is 53.9. The fraction of sp³-hybridized carbons (Fsp3) is 0.607. The third kappa shape index (κ3) is 21.0. The van der Waals surface area contributed by atoms with Crippen molar-refractivity contribution < 1.29 is 52.3 Å². The standard InChI is InChI=1S/C23H25ClFN5O2S.C15H17ClFN3O2S.C15H17ClFN3S.C12H13ClFN3.C9H19N.C8H9IN2.C4H8O.C3H4O3S/c24-20-3-15-8-27-30(16-9-26-29(10-16)23-5-14(6-23)7-23)22(15)4-19(20)18-1-2-28(11-21(18)25)17-12-33(31,32)13-17;16-13-3-9-5-18-19-15(9)4-12(13)11-1-2-20(6-14(11)17)10-7-23(21,22)8-10;16-13-3-9-5-18-19-15(9)4-12(13)11-1-2-20(6-14(11)17)10-7-21-8-10;13-10-3-7-5-16-17-12(7)4-9(10)8-1-2-15-6-11(8)14;1-3-8-6-4-5-7-9(8)10-2;9-7-4-10-11(5-7)8-1-6(2-8)3-8;1-2-4-5-3-1;4-3-1-7(5,6)2-3/h3-4,8-10,14,17-18,21H,1-2,5-7,11-13H2;3-5,10-11,14H,1-2,6-8H2,(H,18,19);3-5,10-11,14H,1-2,6-8H2,(H,18,19);3-5,8,11,15H,1-2,6H2,(H,16,17);8-10H,3-7H2,1-2H3;4-6H,1-3H2;1-4H2;1-2H2/t14?,18?,21-,23?;2*11?,14-;8?,11-;8-,9-;;;/m11111.../s1. The van der Waals surface area contributed by atoms with Gasteiger partial charge in [-0.15, -0.1) is 0 Å². The molecule has 16 fully saturated rings. The minimum Gasteiger partial charge on any atom is -0.381 e. The molecule has 127 heavy (non-hydrogen) atoms. The summed E-state index contributed by atoms with van der Waals surface area (Å²) in [5.41, 5.74) is 8.60. The van der Waals surface area contributed by atoms with Gasteiger partial charge in [0.2, 0.25) is 0 Å². The van der Waals surface area contributed by atoms with Gasteiger partial charge in [0.15, 0.2) is 35.3 Å². The molecule has 4 aromatic carbocycles. The summed E-state index contributed by atoms with van der Waals surface area (Å²) in [6.07, 6.45) is 31.4. The number of halogens is 9. The molecule has 0 amide bonds. The number of carbonyl (C=O) groups excluding carboxylic acids is 1. The Kier molecular flexibility index (Phi) is 29.0. The van der Waals surface area contributed by atoms with Gasteiger partial charge < -0.3 is 15.4 Å². The largest absolute Gasteiger partial charge is 0.381 e. The average molecular weight is 2020 g/mol. The molecular weight excluding hydrogens is 1910 g/mol. The van der Waals surface area contributed by atoms with Gasteiger partial charge in [0.05, 0.1) is 103 Å². The first kappa shape index (κ1) is 93.2. The minimum atomic E-state index is -2.92. The van der Waals surface area contributed by atoms with Crippen LogP contribution in [0.2, 0.25) is 20.1 Å². The SMILES string of the molecule is C1CCOC1.CC[C@@H]1CCCC[C@H]1NC.F[C@@H]1CN(C2CSC2)CCC1c1cc2[nH]ncc2cc1Cl.F[C@@H]1CNCCC1c1cc2[nH]ncc2cc1Cl.Ic1cnn(C23CC(C2)C3)c1.O=C1CS(=O)(=O)C1.O=S1(=O)CC(N2CCC(c3cc4[nH]ncc4cc3Cl)[C@H](F)C2)C1.O=S1(=O)CC(N2CCC(c3cc4c(cnn4-c4cnn(C56CC(C5)C6)c4)cc3Cl)[C@H](F)C2)C1. The van der Waals surface area contributed by atoms with Crippen LogP contribution in [-0.2, 0) is 50.1 Å². The van der Waals surface area contributed by atoms with Crippen molar-refractivity contribution in [1.82, 2.24) is 85.3 Å². The second-order valence-electron chi connectivity index (χ2n) is 37.4. The molecule has 16 aliphatic rings. The van der Waals surface area contributed by atoms with E-state index in [9.17, 15) is 43.2 Å². The molecule has 7 saturated carbocycles. The molecule has 9 aliphatic heterocycles. The van der Waals surface area contributed by atoms with Gasteiger partial charge in [0.25, 0.3) is 0 Å². The molecule has 0 spiro atoms. The lowest BCUT2D eigenvalue weighted by molar-refractivity contribution is -0.115. The molecule has 0 radical (unpaired) electrons. The first-order valence-electron chi connectivity index (χ1n) is 44.7. The number of benzene rings is 4. The van der Waals surface area contributed by atoms with Crippen molar-refractivity contribution in [2.45, 2.75) is 200 Å². The summed E-state index contributed by atoms with van der Waals surface area (Å²) >= 11 is 29.8. The number of carbonyl (C=O) groups is 1. The quantitative estimate of drug-likeness (QED) is 0.0561. The number of hydrogen-bond acceptors (Lipinski definition) is 20. The fourth-order valence-corrected chi connectivity index (χ4v) is 27.4. The molecule has 25 nitrogen and oxygen atoms in total. The van der Waals surface area contributed by atoms with Crippen molar-refractivity contribution >= 4 is 160 Å². The third-order valence-corrected chi connectivity index (χ3v) is 37.0. The molecule has 6 aromatic heterocycles. The lowest BCUT2D eigenvalue weighted by Gasteiger charge is -2.61. The predicted molar refractivity (Wildman–Crippen MR) is 502 cm³/mol. The van der Waals surface area contributed by atoms with Crippen LogP contribution in [0.15, 0.2) is 98.1 Å². The van der Waals surface area contributed by atoms with Gasteiger partial charge in [0, 0.05) is 147 Å². The molecule has 38 heteroatoms. The van der Waals surface area contributed by atoms with Crippen LogP contribution in [-0.4, -0.2) is 273 Å². The molecule has 10 aromatic rings. The Balaban J connectivity index is 0.000000108. The van der Waals surface area contributed by atoms with E-state index < -0.39 is 54.2 Å². The Morgan fingerprint density at radius 1 is 0.520 bits per heavy atom. The molecule has 688 valence electrons.